The first-order chi connectivity index (χ1) is 12.0. The number of hydrogen-bond acceptors (Lipinski definition) is 7. The van der Waals surface area contributed by atoms with Crippen LogP contribution in [0.25, 0.3) is 0 Å². The van der Waals surface area contributed by atoms with E-state index in [4.69, 9.17) is 4.74 Å². The van der Waals surface area contributed by atoms with Gasteiger partial charge in [-0.15, -0.1) is 0 Å². The van der Waals surface area contributed by atoms with Crippen molar-refractivity contribution in [3.05, 3.63) is 52.1 Å². The van der Waals surface area contributed by atoms with Crippen LogP contribution in [-0.2, 0) is 11.8 Å². The van der Waals surface area contributed by atoms with Gasteiger partial charge in [-0.1, -0.05) is 0 Å². The first-order valence-corrected chi connectivity index (χ1v) is 7.69. The van der Waals surface area contributed by atoms with E-state index in [0.29, 0.717) is 25.4 Å². The quantitative estimate of drug-likeness (QED) is 0.435. The third-order valence-corrected chi connectivity index (χ3v) is 4.29. The minimum atomic E-state index is -0.541. The molecule has 2 N–H and O–H groups in total. The molecule has 0 atom stereocenters. The molecule has 132 valence electrons. The largest absolute Gasteiger partial charge is 0.396 e. The normalized spacial score (nSPS) is 15.4. The second-order valence-corrected chi connectivity index (χ2v) is 6.18. The van der Waals surface area contributed by atoms with Gasteiger partial charge in [0, 0.05) is 37.6 Å². The highest BCUT2D eigenvalue weighted by atomic mass is 16.6. The van der Waals surface area contributed by atoms with Gasteiger partial charge in [0.1, 0.15) is 5.69 Å². The number of hydrogen-bond donors (Lipinski definition) is 2. The number of carbonyl (C=O) groups is 1. The summed E-state index contributed by atoms with van der Waals surface area (Å²) in [5.41, 5.74) is -0.139. The highest BCUT2D eigenvalue weighted by Gasteiger charge is 2.38. The number of nitro benzene ring substituents is 1. The van der Waals surface area contributed by atoms with Crippen molar-refractivity contribution in [1.29, 1.82) is 0 Å². The van der Waals surface area contributed by atoms with E-state index in [1.54, 1.807) is 17.8 Å². The average Bonchev–Trinajstić information content (AvgIpc) is 2.99. The summed E-state index contributed by atoms with van der Waals surface area (Å²) in [6.45, 7) is 1.08. The van der Waals surface area contributed by atoms with Crippen LogP contribution in [0.2, 0.25) is 0 Å². The van der Waals surface area contributed by atoms with Gasteiger partial charge < -0.3 is 19.7 Å². The molecular weight excluding hydrogens is 328 g/mol. The van der Waals surface area contributed by atoms with Gasteiger partial charge in [-0.25, -0.2) is 4.98 Å². The van der Waals surface area contributed by atoms with Crippen LogP contribution >= 0.6 is 0 Å². The monoisotopic (exact) mass is 346 g/mol. The van der Waals surface area contributed by atoms with Crippen molar-refractivity contribution in [2.24, 2.45) is 12.5 Å². The Morgan fingerprint density at radius 2 is 2.28 bits per heavy atom. The van der Waals surface area contributed by atoms with Crippen LogP contribution in [0.4, 0.5) is 11.4 Å². The number of aliphatic hydroxyl groups excluding tert-OH is 1. The Labute approximate surface area is 143 Å². The molecule has 2 heterocycles. The van der Waals surface area contributed by atoms with Crippen molar-refractivity contribution in [3.63, 3.8) is 0 Å². The molecule has 1 aliphatic rings. The molecule has 9 nitrogen and oxygen atoms in total. The minimum Gasteiger partial charge on any atom is -0.396 e. The predicted octanol–water partition coefficient (Wildman–Crippen LogP) is 0.980. The summed E-state index contributed by atoms with van der Waals surface area (Å²) in [6, 6.07) is 4.26. The molecule has 9 heteroatoms. The average molecular weight is 346 g/mol. The van der Waals surface area contributed by atoms with Gasteiger partial charge in [-0.05, 0) is 12.1 Å². The third-order valence-electron chi connectivity index (χ3n) is 4.29. The molecule has 1 aromatic heterocycles. The molecular formula is C16H18N4O5. The maximum absolute atomic E-state index is 12.5. The molecule has 0 saturated carbocycles. The standard InChI is InChI=1S/C16H18N4O5/c1-19-5-4-17-15(19)14(22)11-2-3-12(13(6-11)20(23)24)18-7-16(8-21)9-25-10-16/h2-6,18,21H,7-10H2,1H3. The van der Waals surface area contributed by atoms with Crippen molar-refractivity contribution < 1.29 is 19.6 Å². The number of aryl methyl sites for hydroxylation is 1. The first-order valence-electron chi connectivity index (χ1n) is 7.69. The summed E-state index contributed by atoms with van der Waals surface area (Å²) in [4.78, 5) is 27.3. The number of nitrogens with zero attached hydrogens (tertiary/aromatic N) is 3. The zero-order chi connectivity index (χ0) is 18.0. The van der Waals surface area contributed by atoms with E-state index < -0.39 is 10.3 Å². The molecule has 0 bridgehead atoms. The molecule has 1 aromatic carbocycles. The second-order valence-electron chi connectivity index (χ2n) is 6.18. The molecule has 1 aliphatic heterocycles. The Balaban J connectivity index is 1.84. The fraction of sp³-hybridized carbons (Fsp3) is 0.375. The second kappa shape index (κ2) is 6.61. The van der Waals surface area contributed by atoms with Crippen LogP contribution in [0.5, 0.6) is 0 Å². The van der Waals surface area contributed by atoms with Crippen LogP contribution in [0, 0.1) is 15.5 Å². The number of ether oxygens (including phenoxy) is 1. The summed E-state index contributed by atoms with van der Waals surface area (Å²) < 4.78 is 6.67. The van der Waals surface area contributed by atoms with E-state index in [2.05, 4.69) is 10.3 Å². The number of nitrogens with one attached hydrogen (secondary N) is 1. The van der Waals surface area contributed by atoms with Gasteiger partial charge in [0.2, 0.25) is 5.78 Å². The number of benzene rings is 1. The molecule has 3 rings (SSSR count). The Kier molecular flexibility index (Phi) is 4.51. The van der Waals surface area contributed by atoms with Gasteiger partial charge in [0.25, 0.3) is 5.69 Å². The highest BCUT2D eigenvalue weighted by Crippen LogP contribution is 2.31. The minimum absolute atomic E-state index is 0.0659. The van der Waals surface area contributed by atoms with Crippen LogP contribution in [0.3, 0.4) is 0 Å². The first kappa shape index (κ1) is 17.1. The van der Waals surface area contributed by atoms with E-state index in [0.717, 1.165) is 0 Å². The molecule has 1 fully saturated rings. The predicted molar refractivity (Wildman–Crippen MR) is 88.6 cm³/mol. The van der Waals surface area contributed by atoms with Crippen LogP contribution in [0.1, 0.15) is 16.2 Å². The van der Waals surface area contributed by atoms with Crippen molar-refractivity contribution in [2.75, 3.05) is 31.7 Å². The Bertz CT molecular complexity index is 807. The number of aliphatic hydroxyl groups is 1. The van der Waals surface area contributed by atoms with E-state index in [-0.39, 0.29) is 29.5 Å². The van der Waals surface area contributed by atoms with Crippen LogP contribution in [0.15, 0.2) is 30.6 Å². The molecule has 0 amide bonds. The number of nitro groups is 1. The van der Waals surface area contributed by atoms with E-state index >= 15 is 0 Å². The maximum Gasteiger partial charge on any atom is 0.293 e. The summed E-state index contributed by atoms with van der Waals surface area (Å²) in [5.74, 6) is -0.178. The number of carbonyl (C=O) groups excluding carboxylic acids is 1. The molecule has 0 unspecified atom stereocenters. The highest BCUT2D eigenvalue weighted by molar-refractivity contribution is 6.07. The number of imidazole rings is 1. The maximum atomic E-state index is 12.5. The lowest BCUT2D eigenvalue weighted by Gasteiger charge is -2.40. The number of rotatable bonds is 7. The molecule has 25 heavy (non-hydrogen) atoms. The summed E-state index contributed by atoms with van der Waals surface area (Å²) in [7, 11) is 1.68. The lowest BCUT2D eigenvalue weighted by Crippen LogP contribution is -2.50. The van der Waals surface area contributed by atoms with E-state index in [1.807, 2.05) is 0 Å². The van der Waals surface area contributed by atoms with Crippen molar-refractivity contribution in [2.45, 2.75) is 0 Å². The lowest BCUT2D eigenvalue weighted by molar-refractivity contribution is -0.384. The molecule has 0 radical (unpaired) electrons. The van der Waals surface area contributed by atoms with Crippen LogP contribution < -0.4 is 5.32 Å². The summed E-state index contributed by atoms with van der Waals surface area (Å²) >= 11 is 0. The number of ketones is 1. The molecule has 2 aromatic rings. The Morgan fingerprint density at radius 1 is 1.52 bits per heavy atom. The van der Waals surface area contributed by atoms with E-state index in [9.17, 15) is 20.0 Å². The van der Waals surface area contributed by atoms with Gasteiger partial charge >= 0.3 is 0 Å². The third kappa shape index (κ3) is 3.24. The Morgan fingerprint density at radius 3 is 2.80 bits per heavy atom. The smallest absolute Gasteiger partial charge is 0.293 e. The van der Waals surface area contributed by atoms with Crippen LogP contribution in [-0.4, -0.2) is 51.7 Å². The SMILES string of the molecule is Cn1ccnc1C(=O)c1ccc(NCC2(CO)COC2)c([N+](=O)[O-])c1. The van der Waals surface area contributed by atoms with Gasteiger partial charge in [-0.2, -0.15) is 0 Å². The van der Waals surface area contributed by atoms with Gasteiger partial charge in [0.05, 0.1) is 30.2 Å². The number of aromatic nitrogens is 2. The fourth-order valence-corrected chi connectivity index (χ4v) is 2.61. The topological polar surface area (TPSA) is 120 Å². The lowest BCUT2D eigenvalue weighted by atomic mass is 9.87. The van der Waals surface area contributed by atoms with Crippen molar-refractivity contribution in [3.8, 4) is 0 Å². The van der Waals surface area contributed by atoms with Gasteiger partial charge in [-0.3, -0.25) is 14.9 Å². The zero-order valence-corrected chi connectivity index (χ0v) is 13.6. The molecule has 0 spiro atoms. The molecule has 1 saturated heterocycles. The fourth-order valence-electron chi connectivity index (χ4n) is 2.61. The Hall–Kier alpha value is -2.78. The summed E-state index contributed by atoms with van der Waals surface area (Å²) in [6.07, 6.45) is 3.12. The summed E-state index contributed by atoms with van der Waals surface area (Å²) in [5, 5.41) is 23.8. The van der Waals surface area contributed by atoms with E-state index in [1.165, 1.54) is 24.4 Å². The van der Waals surface area contributed by atoms with Crippen molar-refractivity contribution in [1.82, 2.24) is 9.55 Å². The number of anilines is 1. The zero-order valence-electron chi connectivity index (χ0n) is 13.6. The van der Waals surface area contributed by atoms with Gasteiger partial charge in [0.15, 0.2) is 5.82 Å². The van der Waals surface area contributed by atoms with Crippen molar-refractivity contribution >= 4 is 17.2 Å². The molecule has 0 aliphatic carbocycles.